The maximum atomic E-state index is 12.2. The highest BCUT2D eigenvalue weighted by molar-refractivity contribution is 6.38. The standard InChI is InChI=1S/C20H6Cl3N5O6/c21-13-5-16(26(29)30)14(22)4-12(13)19-17(27(31)32)6-15(23)18(20(19)28(33)34)9-1-2-10(7-24)11(3-9)8-25/h1-6H. The van der Waals surface area contributed by atoms with Gasteiger partial charge in [-0.2, -0.15) is 10.5 Å². The van der Waals surface area contributed by atoms with Crippen molar-refractivity contribution in [1.82, 2.24) is 0 Å². The molecule has 34 heavy (non-hydrogen) atoms. The Kier molecular flexibility index (Phi) is 6.66. The summed E-state index contributed by atoms with van der Waals surface area (Å²) < 4.78 is 0. The fourth-order valence-electron chi connectivity index (χ4n) is 3.25. The quantitative estimate of drug-likeness (QED) is 0.273. The average Bonchev–Trinajstić information content (AvgIpc) is 2.78. The van der Waals surface area contributed by atoms with E-state index in [0.29, 0.717) is 0 Å². The minimum absolute atomic E-state index is 0.00245. The van der Waals surface area contributed by atoms with E-state index < -0.39 is 47.4 Å². The first kappa shape index (κ1) is 24.4. The van der Waals surface area contributed by atoms with E-state index >= 15 is 0 Å². The van der Waals surface area contributed by atoms with Crippen molar-refractivity contribution in [2.24, 2.45) is 0 Å². The highest BCUT2D eigenvalue weighted by Gasteiger charge is 2.35. The van der Waals surface area contributed by atoms with E-state index in [-0.39, 0.29) is 32.8 Å². The van der Waals surface area contributed by atoms with Gasteiger partial charge in [-0.05, 0) is 23.8 Å². The molecule has 0 spiro atoms. The average molecular weight is 519 g/mol. The van der Waals surface area contributed by atoms with Gasteiger partial charge in [-0.15, -0.1) is 0 Å². The molecular weight excluding hydrogens is 513 g/mol. The molecule has 0 N–H and O–H groups in total. The van der Waals surface area contributed by atoms with Gasteiger partial charge in [-0.3, -0.25) is 30.3 Å². The predicted octanol–water partition coefficient (Wildman–Crippen LogP) is 6.45. The molecule has 14 heteroatoms. The van der Waals surface area contributed by atoms with Gasteiger partial charge in [0, 0.05) is 17.7 Å². The summed E-state index contributed by atoms with van der Waals surface area (Å²) in [7, 11) is 0. The third-order valence-electron chi connectivity index (χ3n) is 4.66. The van der Waals surface area contributed by atoms with Crippen LogP contribution in [0.15, 0.2) is 36.4 Å². The Balaban J connectivity index is 2.52. The smallest absolute Gasteiger partial charge is 0.258 e. The first-order chi connectivity index (χ1) is 16.0. The number of benzene rings is 3. The Morgan fingerprint density at radius 3 is 1.79 bits per heavy atom. The van der Waals surface area contributed by atoms with Gasteiger partial charge in [0.2, 0.25) is 0 Å². The predicted molar refractivity (Wildman–Crippen MR) is 122 cm³/mol. The fourth-order valence-corrected chi connectivity index (χ4v) is 4.04. The van der Waals surface area contributed by atoms with Crippen molar-refractivity contribution in [3.63, 3.8) is 0 Å². The van der Waals surface area contributed by atoms with Crippen LogP contribution in [0.25, 0.3) is 22.3 Å². The molecule has 3 aromatic carbocycles. The van der Waals surface area contributed by atoms with Gasteiger partial charge in [0.15, 0.2) is 0 Å². The van der Waals surface area contributed by atoms with Crippen LogP contribution < -0.4 is 0 Å². The molecule has 0 bridgehead atoms. The summed E-state index contributed by atoms with van der Waals surface area (Å²) in [6.07, 6.45) is 0. The zero-order valence-corrected chi connectivity index (χ0v) is 18.6. The highest BCUT2D eigenvalue weighted by atomic mass is 35.5. The summed E-state index contributed by atoms with van der Waals surface area (Å²) >= 11 is 18.3. The van der Waals surface area contributed by atoms with Gasteiger partial charge in [-0.25, -0.2) is 0 Å². The third kappa shape index (κ3) is 4.19. The number of hydrogen-bond acceptors (Lipinski definition) is 8. The fraction of sp³-hybridized carbons (Fsp3) is 0. The highest BCUT2D eigenvalue weighted by Crippen LogP contribution is 2.51. The second-order valence-corrected chi connectivity index (χ2v) is 7.74. The van der Waals surface area contributed by atoms with Gasteiger partial charge in [0.1, 0.15) is 22.7 Å². The van der Waals surface area contributed by atoms with Crippen molar-refractivity contribution in [2.75, 3.05) is 0 Å². The van der Waals surface area contributed by atoms with Crippen LogP contribution in [0.4, 0.5) is 17.1 Å². The first-order valence-electron chi connectivity index (χ1n) is 8.75. The van der Waals surface area contributed by atoms with Crippen LogP contribution >= 0.6 is 34.8 Å². The lowest BCUT2D eigenvalue weighted by Gasteiger charge is -2.13. The van der Waals surface area contributed by atoms with Gasteiger partial charge in [-0.1, -0.05) is 40.9 Å². The number of nitro groups is 3. The maximum Gasteiger partial charge on any atom is 0.293 e. The molecule has 168 valence electrons. The summed E-state index contributed by atoms with van der Waals surface area (Å²) in [5.41, 5.74) is -3.56. The molecule has 0 aliphatic heterocycles. The van der Waals surface area contributed by atoms with E-state index in [2.05, 4.69) is 0 Å². The Hall–Kier alpha value is -4.29. The lowest BCUT2D eigenvalue weighted by atomic mass is 9.92. The van der Waals surface area contributed by atoms with Crippen LogP contribution in [0.1, 0.15) is 11.1 Å². The molecule has 0 aromatic heterocycles. The normalized spacial score (nSPS) is 10.3. The zero-order chi connectivity index (χ0) is 25.3. The van der Waals surface area contributed by atoms with E-state index in [4.69, 9.17) is 40.1 Å². The molecular formula is C20H6Cl3N5O6. The lowest BCUT2D eigenvalue weighted by Crippen LogP contribution is -2.02. The molecule has 0 amide bonds. The maximum absolute atomic E-state index is 12.2. The Labute approximate surface area is 204 Å². The van der Waals surface area contributed by atoms with E-state index in [1.807, 2.05) is 0 Å². The van der Waals surface area contributed by atoms with Crippen LogP contribution in [0.3, 0.4) is 0 Å². The number of halogens is 3. The Bertz CT molecular complexity index is 1510. The SMILES string of the molecule is N#Cc1ccc(-c2c(Cl)cc([N+](=O)[O-])c(-c3cc(Cl)c([N+](=O)[O-])cc3Cl)c2[N+](=O)[O-])cc1C#N. The molecule has 0 saturated heterocycles. The van der Waals surface area contributed by atoms with E-state index in [0.717, 1.165) is 18.2 Å². The van der Waals surface area contributed by atoms with Crippen molar-refractivity contribution in [1.29, 1.82) is 10.5 Å². The van der Waals surface area contributed by atoms with Gasteiger partial charge in [0.25, 0.3) is 17.1 Å². The van der Waals surface area contributed by atoms with Crippen molar-refractivity contribution >= 4 is 51.9 Å². The van der Waals surface area contributed by atoms with Crippen molar-refractivity contribution < 1.29 is 14.8 Å². The largest absolute Gasteiger partial charge is 0.293 e. The van der Waals surface area contributed by atoms with Crippen molar-refractivity contribution in [2.45, 2.75) is 0 Å². The minimum Gasteiger partial charge on any atom is -0.258 e. The minimum atomic E-state index is -0.931. The molecule has 0 aliphatic carbocycles. The van der Waals surface area contributed by atoms with Crippen LogP contribution in [-0.4, -0.2) is 14.8 Å². The molecule has 0 fully saturated rings. The van der Waals surface area contributed by atoms with Gasteiger partial charge >= 0.3 is 0 Å². The third-order valence-corrected chi connectivity index (χ3v) is 5.58. The zero-order valence-electron chi connectivity index (χ0n) is 16.3. The second kappa shape index (κ2) is 9.29. The van der Waals surface area contributed by atoms with E-state index in [9.17, 15) is 35.6 Å². The van der Waals surface area contributed by atoms with E-state index in [1.54, 1.807) is 12.1 Å². The molecule has 0 saturated carbocycles. The molecule has 0 radical (unpaired) electrons. The molecule has 0 unspecified atom stereocenters. The topological polar surface area (TPSA) is 177 Å². The number of rotatable bonds is 5. The van der Waals surface area contributed by atoms with Gasteiger partial charge < -0.3 is 0 Å². The van der Waals surface area contributed by atoms with Crippen LogP contribution in [0.2, 0.25) is 15.1 Å². The molecule has 3 aromatic rings. The van der Waals surface area contributed by atoms with E-state index in [1.165, 1.54) is 18.2 Å². The molecule has 3 rings (SSSR count). The number of nitrogens with zero attached hydrogens (tertiary/aromatic N) is 5. The molecule has 0 heterocycles. The monoisotopic (exact) mass is 517 g/mol. The second-order valence-electron chi connectivity index (χ2n) is 6.51. The summed E-state index contributed by atoms with van der Waals surface area (Å²) in [5, 5.41) is 52.3. The summed E-state index contributed by atoms with van der Waals surface area (Å²) in [5.74, 6) is 0. The molecule has 0 atom stereocenters. The Morgan fingerprint density at radius 2 is 1.26 bits per heavy atom. The summed E-state index contributed by atoms with van der Waals surface area (Å²) in [4.78, 5) is 32.4. The molecule has 11 nitrogen and oxygen atoms in total. The van der Waals surface area contributed by atoms with Crippen LogP contribution in [-0.2, 0) is 0 Å². The Morgan fingerprint density at radius 1 is 0.676 bits per heavy atom. The number of hydrogen-bond donors (Lipinski definition) is 0. The van der Waals surface area contributed by atoms with Crippen LogP contribution in [0, 0.1) is 53.0 Å². The first-order valence-corrected chi connectivity index (χ1v) is 9.88. The van der Waals surface area contributed by atoms with Crippen molar-refractivity contribution in [3.8, 4) is 34.4 Å². The summed E-state index contributed by atoms with van der Waals surface area (Å²) in [6.45, 7) is 0. The van der Waals surface area contributed by atoms with Gasteiger partial charge in [0.05, 0.1) is 41.5 Å². The van der Waals surface area contributed by atoms with Crippen molar-refractivity contribution in [3.05, 3.63) is 92.9 Å². The number of nitro benzene ring substituents is 3. The van der Waals surface area contributed by atoms with Crippen LogP contribution in [0.5, 0.6) is 0 Å². The summed E-state index contributed by atoms with van der Waals surface area (Å²) in [6, 6.07) is 9.87. The lowest BCUT2D eigenvalue weighted by molar-refractivity contribution is -0.392. The number of nitriles is 2. The molecule has 0 aliphatic rings.